The van der Waals surface area contributed by atoms with Crippen molar-refractivity contribution in [2.75, 3.05) is 31.9 Å². The third-order valence-electron chi connectivity index (χ3n) is 4.31. The maximum absolute atomic E-state index is 13.1. The highest BCUT2D eigenvalue weighted by atomic mass is 35.5. The molecule has 178 valence electrons. The van der Waals surface area contributed by atoms with E-state index in [2.05, 4.69) is 10.2 Å². The Morgan fingerprint density at radius 1 is 1.00 bits per heavy atom. The van der Waals surface area contributed by atoms with E-state index in [1.807, 2.05) is 0 Å². The van der Waals surface area contributed by atoms with Crippen LogP contribution in [0.2, 0.25) is 5.02 Å². The lowest BCUT2D eigenvalue weighted by atomic mass is 10.2. The predicted octanol–water partition coefficient (Wildman–Crippen LogP) is 5.38. The van der Waals surface area contributed by atoms with Crippen molar-refractivity contribution in [3.8, 4) is 23.0 Å². The Morgan fingerprint density at radius 2 is 1.58 bits per heavy atom. The molecule has 0 saturated heterocycles. The lowest BCUT2D eigenvalue weighted by Crippen LogP contribution is -2.36. The summed E-state index contributed by atoms with van der Waals surface area (Å²) in [5.74, 6) is -0.322. The van der Waals surface area contributed by atoms with Crippen LogP contribution in [0, 0.1) is 0 Å². The van der Waals surface area contributed by atoms with Crippen molar-refractivity contribution in [1.29, 1.82) is 0 Å². The highest BCUT2D eigenvalue weighted by molar-refractivity contribution is 6.40. The van der Waals surface area contributed by atoms with Crippen LogP contribution >= 0.6 is 23.4 Å². The van der Waals surface area contributed by atoms with E-state index in [-0.39, 0.29) is 28.6 Å². The van der Waals surface area contributed by atoms with Crippen LogP contribution in [0.15, 0.2) is 40.6 Å². The number of amides is 1. The number of nitrogens with zero attached hydrogens (tertiary/aromatic N) is 3. The normalized spacial score (nSPS) is 11.7. The molecule has 0 heterocycles. The summed E-state index contributed by atoms with van der Waals surface area (Å²) in [6, 6.07) is 6.44. The SMILES string of the molecule is CCOc1c(Cl)ccc(N=NC(C(C)=O)C(=O)N(Cl)c2c(OC)cccc2OC)c1OCC. The number of benzene rings is 2. The van der Waals surface area contributed by atoms with Crippen molar-refractivity contribution < 1.29 is 28.5 Å². The molecule has 0 aliphatic rings. The zero-order valence-electron chi connectivity index (χ0n) is 18.9. The van der Waals surface area contributed by atoms with Crippen molar-refractivity contribution in [3.05, 3.63) is 35.4 Å². The van der Waals surface area contributed by atoms with Crippen molar-refractivity contribution in [3.63, 3.8) is 0 Å². The van der Waals surface area contributed by atoms with E-state index in [4.69, 9.17) is 42.3 Å². The van der Waals surface area contributed by atoms with Crippen molar-refractivity contribution >= 4 is 46.4 Å². The molecule has 0 aliphatic heterocycles. The van der Waals surface area contributed by atoms with E-state index in [1.54, 1.807) is 44.2 Å². The number of carbonyl (C=O) groups excluding carboxylic acids is 2. The first-order valence-corrected chi connectivity index (χ1v) is 10.7. The fourth-order valence-electron chi connectivity index (χ4n) is 2.84. The van der Waals surface area contributed by atoms with Gasteiger partial charge in [0, 0.05) is 11.8 Å². The van der Waals surface area contributed by atoms with Gasteiger partial charge < -0.3 is 18.9 Å². The van der Waals surface area contributed by atoms with Gasteiger partial charge in [0.05, 0.1) is 32.5 Å². The zero-order chi connectivity index (χ0) is 24.5. The zero-order valence-corrected chi connectivity index (χ0v) is 20.4. The van der Waals surface area contributed by atoms with Gasteiger partial charge in [0.1, 0.15) is 22.9 Å². The van der Waals surface area contributed by atoms with Crippen molar-refractivity contribution in [2.24, 2.45) is 10.2 Å². The standard InChI is InChI=1S/C22H25Cl2N3O6/c1-6-32-20-14(23)11-12-15(21(20)33-7-2)25-26-18(13(3)28)22(29)27(24)19-16(30-4)9-8-10-17(19)31-5/h8-12,18H,6-7H2,1-5H3. The van der Waals surface area contributed by atoms with Crippen LogP contribution in [-0.2, 0) is 9.59 Å². The van der Waals surface area contributed by atoms with E-state index in [9.17, 15) is 9.59 Å². The molecule has 0 saturated carbocycles. The van der Waals surface area contributed by atoms with Crippen LogP contribution in [0.3, 0.4) is 0 Å². The minimum absolute atomic E-state index is 0.135. The smallest absolute Gasteiger partial charge is 0.276 e. The van der Waals surface area contributed by atoms with Crippen LogP contribution in [0.1, 0.15) is 20.8 Å². The van der Waals surface area contributed by atoms with Crippen molar-refractivity contribution in [1.82, 2.24) is 0 Å². The molecule has 0 bridgehead atoms. The lowest BCUT2D eigenvalue weighted by molar-refractivity contribution is -0.126. The maximum Gasteiger partial charge on any atom is 0.276 e. The molecule has 1 amide bonds. The molecule has 0 aromatic heterocycles. The van der Waals surface area contributed by atoms with Gasteiger partial charge in [-0.3, -0.25) is 9.59 Å². The van der Waals surface area contributed by atoms with Gasteiger partial charge in [0.2, 0.25) is 6.04 Å². The number of ketones is 1. The third-order valence-corrected chi connectivity index (χ3v) is 4.95. The number of ether oxygens (including phenoxy) is 4. The Morgan fingerprint density at radius 3 is 2.09 bits per heavy atom. The van der Waals surface area contributed by atoms with Gasteiger partial charge in [-0.1, -0.05) is 17.7 Å². The van der Waals surface area contributed by atoms with Gasteiger partial charge in [0.25, 0.3) is 5.91 Å². The van der Waals surface area contributed by atoms with Crippen LogP contribution in [0.4, 0.5) is 11.4 Å². The number of methoxy groups -OCH3 is 2. The summed E-state index contributed by atoms with van der Waals surface area (Å²) in [5.41, 5.74) is 0.371. The predicted molar refractivity (Wildman–Crippen MR) is 126 cm³/mol. The number of azo groups is 1. The molecule has 2 rings (SSSR count). The van der Waals surface area contributed by atoms with Gasteiger partial charge in [-0.25, -0.2) is 4.42 Å². The second kappa shape index (κ2) is 12.3. The molecule has 0 radical (unpaired) electrons. The average molecular weight is 498 g/mol. The van der Waals surface area contributed by atoms with Crippen LogP contribution < -0.4 is 23.4 Å². The van der Waals surface area contributed by atoms with Crippen LogP contribution in [0.5, 0.6) is 23.0 Å². The summed E-state index contributed by atoms with van der Waals surface area (Å²) in [4.78, 5) is 25.4. The average Bonchev–Trinajstić information content (AvgIpc) is 2.81. The Bertz CT molecular complexity index is 1010. The molecule has 33 heavy (non-hydrogen) atoms. The molecule has 9 nitrogen and oxygen atoms in total. The number of Topliss-reactive ketones (excluding diaryl/α,β-unsaturated/α-hetero) is 1. The monoisotopic (exact) mass is 497 g/mol. The lowest BCUT2D eigenvalue weighted by Gasteiger charge is -2.21. The summed E-state index contributed by atoms with van der Waals surface area (Å²) < 4.78 is 22.5. The topological polar surface area (TPSA) is 99.0 Å². The number of rotatable bonds is 11. The van der Waals surface area contributed by atoms with Gasteiger partial charge in [-0.15, -0.1) is 0 Å². The summed E-state index contributed by atoms with van der Waals surface area (Å²) in [6.45, 7) is 5.44. The van der Waals surface area contributed by atoms with Gasteiger partial charge in [-0.05, 0) is 45.0 Å². The Hall–Kier alpha value is -3.04. The quantitative estimate of drug-likeness (QED) is 0.234. The van der Waals surface area contributed by atoms with Gasteiger partial charge in [-0.2, -0.15) is 10.2 Å². The summed E-state index contributed by atoms with van der Waals surface area (Å²) in [7, 11) is 2.84. The summed E-state index contributed by atoms with van der Waals surface area (Å²) in [6.07, 6.45) is 0. The largest absolute Gasteiger partial charge is 0.494 e. The van der Waals surface area contributed by atoms with E-state index in [0.717, 1.165) is 4.42 Å². The first-order chi connectivity index (χ1) is 15.8. The molecular formula is C22H25Cl2N3O6. The number of para-hydroxylation sites is 1. The molecule has 0 N–H and O–H groups in total. The van der Waals surface area contributed by atoms with E-state index in [1.165, 1.54) is 21.1 Å². The number of carbonyl (C=O) groups is 2. The van der Waals surface area contributed by atoms with Crippen LogP contribution in [-0.4, -0.2) is 45.2 Å². The Balaban J connectivity index is 2.46. The number of halogens is 2. The molecule has 0 aliphatic carbocycles. The fraction of sp³-hybridized carbons (Fsp3) is 0.364. The summed E-state index contributed by atoms with van der Waals surface area (Å²) >= 11 is 12.5. The second-order valence-electron chi connectivity index (χ2n) is 6.45. The number of hydrogen-bond acceptors (Lipinski definition) is 8. The van der Waals surface area contributed by atoms with E-state index < -0.39 is 17.7 Å². The highest BCUT2D eigenvalue weighted by Gasteiger charge is 2.32. The molecule has 2 aromatic carbocycles. The summed E-state index contributed by atoms with van der Waals surface area (Å²) in [5, 5.41) is 8.38. The molecular weight excluding hydrogens is 473 g/mol. The minimum Gasteiger partial charge on any atom is -0.494 e. The fourth-order valence-corrected chi connectivity index (χ4v) is 3.30. The molecule has 0 fully saturated rings. The number of hydrogen-bond donors (Lipinski definition) is 0. The first-order valence-electron chi connectivity index (χ1n) is 10.0. The molecule has 2 aromatic rings. The molecule has 1 unspecified atom stereocenters. The van der Waals surface area contributed by atoms with Gasteiger partial charge in [0.15, 0.2) is 17.3 Å². The Kier molecular flexibility index (Phi) is 9.74. The Labute approximate surface area is 202 Å². The molecule has 1 atom stereocenters. The van der Waals surface area contributed by atoms with E-state index >= 15 is 0 Å². The van der Waals surface area contributed by atoms with E-state index in [0.29, 0.717) is 24.0 Å². The van der Waals surface area contributed by atoms with Gasteiger partial charge >= 0.3 is 0 Å². The number of anilines is 1. The first kappa shape index (κ1) is 26.2. The second-order valence-corrected chi connectivity index (χ2v) is 7.19. The van der Waals surface area contributed by atoms with Crippen LogP contribution in [0.25, 0.3) is 0 Å². The maximum atomic E-state index is 13.1. The molecule has 11 heteroatoms. The van der Waals surface area contributed by atoms with Crippen molar-refractivity contribution in [2.45, 2.75) is 26.8 Å². The molecule has 0 spiro atoms. The highest BCUT2D eigenvalue weighted by Crippen LogP contribution is 2.43. The minimum atomic E-state index is -1.53. The third kappa shape index (κ3) is 6.06.